The first-order valence-corrected chi connectivity index (χ1v) is 8.24. The predicted molar refractivity (Wildman–Crippen MR) is 94.7 cm³/mol. The van der Waals surface area contributed by atoms with Crippen LogP contribution in [-0.2, 0) is 10.9 Å². The highest BCUT2D eigenvalue weighted by atomic mass is 19.4. The Hall–Kier alpha value is -3.09. The highest BCUT2D eigenvalue weighted by molar-refractivity contribution is 6.09. The number of H-pyrrole nitrogens is 1. The Bertz CT molecular complexity index is 1020. The third kappa shape index (κ3) is 3.45. The van der Waals surface area contributed by atoms with Crippen LogP contribution in [-0.4, -0.2) is 23.3 Å². The van der Waals surface area contributed by atoms with Crippen LogP contribution in [0.4, 0.5) is 13.2 Å². The molecule has 0 saturated heterocycles. The summed E-state index contributed by atoms with van der Waals surface area (Å²) in [5, 5.41) is -0.151. The lowest BCUT2D eigenvalue weighted by molar-refractivity contribution is -0.135. The van der Waals surface area contributed by atoms with Crippen LogP contribution in [0.2, 0.25) is 0 Å². The van der Waals surface area contributed by atoms with Gasteiger partial charge in [0.15, 0.2) is 5.78 Å². The van der Waals surface area contributed by atoms with Gasteiger partial charge in [-0.3, -0.25) is 4.79 Å². The lowest BCUT2D eigenvalue weighted by atomic mass is 9.99. The van der Waals surface area contributed by atoms with E-state index in [1.165, 1.54) is 49.4 Å². The number of rotatable bonds is 4. The molecule has 0 aliphatic heterocycles. The minimum Gasteiger partial charge on any atom is -0.462 e. The second-order valence-electron chi connectivity index (χ2n) is 5.95. The number of nitrogens with one attached hydrogen (secondary N) is 1. The van der Waals surface area contributed by atoms with Crippen LogP contribution in [0.5, 0.6) is 0 Å². The summed E-state index contributed by atoms with van der Waals surface area (Å²) in [6.45, 7) is 3.10. The summed E-state index contributed by atoms with van der Waals surface area (Å²) >= 11 is 0. The molecule has 0 fully saturated rings. The molecule has 3 rings (SSSR count). The number of alkyl halides is 3. The lowest BCUT2D eigenvalue weighted by Crippen LogP contribution is -2.08. The van der Waals surface area contributed by atoms with E-state index in [0.717, 1.165) is 0 Å². The molecule has 3 aromatic rings. The van der Waals surface area contributed by atoms with Crippen molar-refractivity contribution in [3.05, 3.63) is 59.2 Å². The Kier molecular flexibility index (Phi) is 4.78. The minimum absolute atomic E-state index is 0.00506. The molecule has 0 saturated carbocycles. The predicted octanol–water partition coefficient (Wildman–Crippen LogP) is 5.23. The summed E-state index contributed by atoms with van der Waals surface area (Å²) in [5.41, 5.74) is -0.325. The zero-order valence-electron chi connectivity index (χ0n) is 14.6. The van der Waals surface area contributed by atoms with Gasteiger partial charge in [-0.2, -0.15) is 13.2 Å². The van der Waals surface area contributed by atoms with Gasteiger partial charge in [0.25, 0.3) is 0 Å². The minimum atomic E-state index is -4.67. The summed E-state index contributed by atoms with van der Waals surface area (Å²) in [7, 11) is 0. The number of fused-ring (bicyclic) bond motifs is 1. The van der Waals surface area contributed by atoms with Crippen molar-refractivity contribution in [2.24, 2.45) is 0 Å². The molecule has 0 aliphatic rings. The van der Waals surface area contributed by atoms with Crippen molar-refractivity contribution in [1.29, 1.82) is 0 Å². The van der Waals surface area contributed by atoms with E-state index < -0.39 is 23.5 Å². The van der Waals surface area contributed by atoms with E-state index in [1.807, 2.05) is 0 Å². The van der Waals surface area contributed by atoms with Crippen LogP contribution in [0.3, 0.4) is 0 Å². The summed E-state index contributed by atoms with van der Waals surface area (Å²) in [5.74, 6) is -0.995. The molecule has 2 aromatic carbocycles. The monoisotopic (exact) mass is 375 g/mol. The number of hydrogen-bond acceptors (Lipinski definition) is 3. The van der Waals surface area contributed by atoms with E-state index in [4.69, 9.17) is 4.74 Å². The molecule has 140 valence electrons. The quantitative estimate of drug-likeness (QED) is 0.502. The topological polar surface area (TPSA) is 59.2 Å². The average Bonchev–Trinajstić information content (AvgIpc) is 3.01. The number of carbonyl (C=O) groups is 2. The molecule has 1 aromatic heterocycles. The normalized spacial score (nSPS) is 11.6. The fraction of sp³-hybridized carbons (Fsp3) is 0.200. The molecular formula is C20H16F3NO3. The second-order valence-corrected chi connectivity index (χ2v) is 5.95. The number of aromatic amines is 1. The average molecular weight is 375 g/mol. The van der Waals surface area contributed by atoms with Gasteiger partial charge in [0, 0.05) is 16.5 Å². The van der Waals surface area contributed by atoms with Crippen LogP contribution in [0.15, 0.2) is 42.5 Å². The highest BCUT2D eigenvalue weighted by Crippen LogP contribution is 2.43. The Morgan fingerprint density at radius 3 is 2.30 bits per heavy atom. The molecule has 0 radical (unpaired) electrons. The van der Waals surface area contributed by atoms with Gasteiger partial charge in [-0.1, -0.05) is 24.3 Å². The molecule has 4 nitrogen and oxygen atoms in total. The number of Topliss-reactive ketones (excluding diaryl/α,β-unsaturated/α-hetero) is 1. The Morgan fingerprint density at radius 2 is 1.74 bits per heavy atom. The van der Waals surface area contributed by atoms with Crippen molar-refractivity contribution >= 4 is 22.7 Å². The van der Waals surface area contributed by atoms with Crippen LogP contribution in [0.25, 0.3) is 22.2 Å². The van der Waals surface area contributed by atoms with Gasteiger partial charge in [0.2, 0.25) is 0 Å². The highest BCUT2D eigenvalue weighted by Gasteiger charge is 2.38. The molecule has 0 unspecified atom stereocenters. The van der Waals surface area contributed by atoms with Crippen molar-refractivity contribution < 1.29 is 27.5 Å². The first kappa shape index (κ1) is 18.7. The van der Waals surface area contributed by atoms with Gasteiger partial charge in [0.05, 0.1) is 23.4 Å². The number of esters is 1. The molecule has 0 bridgehead atoms. The Balaban J connectivity index is 2.21. The van der Waals surface area contributed by atoms with Gasteiger partial charge in [-0.05, 0) is 37.6 Å². The van der Waals surface area contributed by atoms with Crippen molar-refractivity contribution in [1.82, 2.24) is 4.98 Å². The molecule has 7 heteroatoms. The molecule has 0 spiro atoms. The smallest absolute Gasteiger partial charge is 0.419 e. The number of ether oxygens (including phenoxy) is 1. The maximum atomic E-state index is 13.8. The first-order chi connectivity index (χ1) is 12.7. The second kappa shape index (κ2) is 6.90. The van der Waals surface area contributed by atoms with Crippen molar-refractivity contribution in [3.63, 3.8) is 0 Å². The summed E-state index contributed by atoms with van der Waals surface area (Å²) in [6, 6.07) is 10.0. The van der Waals surface area contributed by atoms with E-state index >= 15 is 0 Å². The zero-order valence-corrected chi connectivity index (χ0v) is 14.6. The van der Waals surface area contributed by atoms with Crippen LogP contribution in [0.1, 0.15) is 40.1 Å². The van der Waals surface area contributed by atoms with E-state index in [2.05, 4.69) is 4.98 Å². The maximum absolute atomic E-state index is 13.8. The van der Waals surface area contributed by atoms with Crippen LogP contribution >= 0.6 is 0 Å². The van der Waals surface area contributed by atoms with E-state index in [-0.39, 0.29) is 39.9 Å². The lowest BCUT2D eigenvalue weighted by Gasteiger charge is -2.11. The Morgan fingerprint density at radius 1 is 1.07 bits per heavy atom. The van der Waals surface area contributed by atoms with Crippen LogP contribution in [0, 0.1) is 0 Å². The largest absolute Gasteiger partial charge is 0.462 e. The maximum Gasteiger partial charge on any atom is 0.419 e. The van der Waals surface area contributed by atoms with Crippen LogP contribution < -0.4 is 0 Å². The fourth-order valence-electron chi connectivity index (χ4n) is 3.03. The fourth-order valence-corrected chi connectivity index (χ4v) is 3.03. The standard InChI is InChI=1S/C20H16F3NO3/c1-3-27-19(26)13-9-7-12(8-10-13)18-17(20(21,22)23)16-14(11(2)25)5-4-6-15(16)24-18/h4-10,24H,3H2,1-2H3. The zero-order chi connectivity index (χ0) is 19.8. The Labute approximate surface area is 153 Å². The molecule has 27 heavy (non-hydrogen) atoms. The molecule has 1 heterocycles. The van der Waals surface area contributed by atoms with E-state index in [9.17, 15) is 22.8 Å². The van der Waals surface area contributed by atoms with Crippen molar-refractivity contribution in [2.45, 2.75) is 20.0 Å². The number of hydrogen-bond donors (Lipinski definition) is 1. The summed E-state index contributed by atoms with van der Waals surface area (Å²) in [6.07, 6.45) is -4.67. The third-order valence-corrected chi connectivity index (χ3v) is 4.17. The van der Waals surface area contributed by atoms with Gasteiger partial charge in [-0.25, -0.2) is 4.79 Å². The van der Waals surface area contributed by atoms with Crippen molar-refractivity contribution in [3.8, 4) is 11.3 Å². The van der Waals surface area contributed by atoms with E-state index in [0.29, 0.717) is 0 Å². The van der Waals surface area contributed by atoms with Crippen molar-refractivity contribution in [2.75, 3.05) is 6.61 Å². The molecule has 0 atom stereocenters. The van der Waals surface area contributed by atoms with Gasteiger partial charge < -0.3 is 9.72 Å². The van der Waals surface area contributed by atoms with Gasteiger partial charge in [0.1, 0.15) is 0 Å². The van der Waals surface area contributed by atoms with Gasteiger partial charge in [-0.15, -0.1) is 0 Å². The number of halogens is 3. The number of ketones is 1. The molecule has 1 N–H and O–H groups in total. The molecular weight excluding hydrogens is 359 g/mol. The van der Waals surface area contributed by atoms with Gasteiger partial charge >= 0.3 is 12.1 Å². The first-order valence-electron chi connectivity index (χ1n) is 8.24. The summed E-state index contributed by atoms with van der Waals surface area (Å²) in [4.78, 5) is 26.3. The van der Waals surface area contributed by atoms with E-state index in [1.54, 1.807) is 6.92 Å². The third-order valence-electron chi connectivity index (χ3n) is 4.17. The number of carbonyl (C=O) groups excluding carboxylic acids is 2. The SMILES string of the molecule is CCOC(=O)c1ccc(-c2[nH]c3cccc(C(C)=O)c3c2C(F)(F)F)cc1. The summed E-state index contributed by atoms with van der Waals surface area (Å²) < 4.78 is 46.4. The number of aromatic nitrogens is 1. The molecule has 0 aliphatic carbocycles. The molecule has 0 amide bonds. The number of benzene rings is 2.